The summed E-state index contributed by atoms with van der Waals surface area (Å²) in [4.78, 5) is 24.1. The number of benzene rings is 1. The Kier molecular flexibility index (Phi) is 5.47. The highest BCUT2D eigenvalue weighted by atomic mass is 16.6. The summed E-state index contributed by atoms with van der Waals surface area (Å²) in [6.45, 7) is 7.98. The predicted molar refractivity (Wildman–Crippen MR) is 114 cm³/mol. The van der Waals surface area contributed by atoms with Crippen molar-refractivity contribution in [3.8, 4) is 0 Å². The van der Waals surface area contributed by atoms with Crippen LogP contribution in [0, 0.1) is 12.8 Å². The average Bonchev–Trinajstić information content (AvgIpc) is 3.30. The van der Waals surface area contributed by atoms with Gasteiger partial charge in [0.25, 0.3) is 0 Å². The molecule has 2 amide bonds. The molecule has 30 heavy (non-hydrogen) atoms. The standard InChI is InChI=1S/C23H27N3O4/c1-14-6-9-17(10-7-14)25-22(28)26-24-13-16-5-4-12-23(3)20(30-23)19-18(11-8-16)15(2)21(27)29-19/h5-7,9-10,13,18-20H,2,4,8,11-12H2,1,3H3,(H2,25,26,28)/b16-5+,24-13+/t18-,19-,20-,23+/m0/s1. The maximum Gasteiger partial charge on any atom is 0.339 e. The van der Waals surface area contributed by atoms with Crippen molar-refractivity contribution in [3.63, 3.8) is 0 Å². The zero-order valence-corrected chi connectivity index (χ0v) is 17.3. The van der Waals surface area contributed by atoms with E-state index in [9.17, 15) is 9.59 Å². The number of esters is 1. The second-order valence-corrected chi connectivity index (χ2v) is 8.40. The second-order valence-electron chi connectivity index (χ2n) is 8.40. The van der Waals surface area contributed by atoms with Crippen molar-refractivity contribution in [1.82, 2.24) is 5.43 Å². The van der Waals surface area contributed by atoms with Crippen LogP contribution in [-0.4, -0.2) is 36.0 Å². The zero-order valence-electron chi connectivity index (χ0n) is 17.3. The molecule has 1 aromatic rings. The van der Waals surface area contributed by atoms with Gasteiger partial charge in [0.2, 0.25) is 0 Å². The molecule has 0 saturated carbocycles. The van der Waals surface area contributed by atoms with Gasteiger partial charge < -0.3 is 14.8 Å². The molecule has 1 aliphatic carbocycles. The van der Waals surface area contributed by atoms with Crippen LogP contribution in [0.4, 0.5) is 10.5 Å². The van der Waals surface area contributed by atoms with Gasteiger partial charge in [0.15, 0.2) is 0 Å². The van der Waals surface area contributed by atoms with E-state index in [1.807, 2.05) is 31.2 Å². The lowest BCUT2D eigenvalue weighted by Crippen LogP contribution is -2.29. The number of hydrogen-bond acceptors (Lipinski definition) is 5. The highest BCUT2D eigenvalue weighted by molar-refractivity contribution is 5.91. The molecule has 7 nitrogen and oxygen atoms in total. The number of rotatable bonds is 3. The monoisotopic (exact) mass is 409 g/mol. The summed E-state index contributed by atoms with van der Waals surface area (Å²) in [5.74, 6) is -0.382. The average molecular weight is 409 g/mol. The predicted octanol–water partition coefficient (Wildman–Crippen LogP) is 3.86. The number of hydrazone groups is 1. The van der Waals surface area contributed by atoms with E-state index in [0.717, 1.165) is 30.4 Å². The van der Waals surface area contributed by atoms with Crippen molar-refractivity contribution in [1.29, 1.82) is 0 Å². The number of epoxide rings is 1. The zero-order chi connectivity index (χ0) is 21.3. The maximum absolute atomic E-state index is 12.0. The van der Waals surface area contributed by atoms with E-state index < -0.39 is 6.03 Å². The van der Waals surface area contributed by atoms with Gasteiger partial charge in [0, 0.05) is 17.2 Å². The first-order chi connectivity index (χ1) is 14.4. The Bertz CT molecular complexity index is 921. The molecule has 158 valence electrons. The molecule has 1 aromatic carbocycles. The summed E-state index contributed by atoms with van der Waals surface area (Å²) >= 11 is 0. The molecule has 2 aliphatic heterocycles. The van der Waals surface area contributed by atoms with Crippen molar-refractivity contribution in [3.05, 3.63) is 53.6 Å². The van der Waals surface area contributed by atoms with E-state index in [-0.39, 0.29) is 29.7 Å². The van der Waals surface area contributed by atoms with Gasteiger partial charge in [-0.3, -0.25) is 0 Å². The summed E-state index contributed by atoms with van der Waals surface area (Å²) in [7, 11) is 0. The van der Waals surface area contributed by atoms with Gasteiger partial charge in [-0.2, -0.15) is 5.10 Å². The van der Waals surface area contributed by atoms with Gasteiger partial charge in [-0.05, 0) is 57.2 Å². The topological polar surface area (TPSA) is 92.3 Å². The summed E-state index contributed by atoms with van der Waals surface area (Å²) < 4.78 is 11.5. The Morgan fingerprint density at radius 2 is 2.10 bits per heavy atom. The molecular formula is C23H27N3O4. The van der Waals surface area contributed by atoms with Gasteiger partial charge in [-0.15, -0.1) is 0 Å². The van der Waals surface area contributed by atoms with E-state index >= 15 is 0 Å². The highest BCUT2D eigenvalue weighted by Gasteiger charge is 2.61. The van der Waals surface area contributed by atoms with Gasteiger partial charge in [0.1, 0.15) is 12.2 Å². The number of amides is 2. The highest BCUT2D eigenvalue weighted by Crippen LogP contribution is 2.49. The SMILES string of the molecule is C=C1C(=O)O[C@H]2[C@H]1CCC(/C=N/NC(=O)Nc1ccc(C)cc1)=C\CC[C@@]1(C)O[C@@H]21. The minimum atomic E-state index is -0.402. The molecule has 4 rings (SSSR count). The number of urea groups is 1. The van der Waals surface area contributed by atoms with Crippen LogP contribution in [0.3, 0.4) is 0 Å². The van der Waals surface area contributed by atoms with E-state index in [1.54, 1.807) is 6.21 Å². The van der Waals surface area contributed by atoms with Crippen LogP contribution in [0.2, 0.25) is 0 Å². The van der Waals surface area contributed by atoms with Gasteiger partial charge in [-0.25, -0.2) is 15.0 Å². The van der Waals surface area contributed by atoms with Crippen LogP contribution in [0.25, 0.3) is 0 Å². The molecule has 4 atom stereocenters. The van der Waals surface area contributed by atoms with Crippen molar-refractivity contribution in [2.45, 2.75) is 57.3 Å². The normalized spacial score (nSPS) is 32.5. The van der Waals surface area contributed by atoms with Crippen molar-refractivity contribution < 1.29 is 19.1 Å². The Balaban J connectivity index is 1.38. The van der Waals surface area contributed by atoms with Crippen molar-refractivity contribution in [2.75, 3.05) is 5.32 Å². The Hall–Kier alpha value is -2.93. The van der Waals surface area contributed by atoms with Crippen LogP contribution in [0.15, 0.2) is 53.2 Å². The summed E-state index contributed by atoms with van der Waals surface area (Å²) in [5, 5.41) is 6.83. The number of nitrogens with one attached hydrogen (secondary N) is 2. The third kappa shape index (κ3) is 4.31. The molecule has 0 bridgehead atoms. The lowest BCUT2D eigenvalue weighted by atomic mass is 9.84. The van der Waals surface area contributed by atoms with Gasteiger partial charge in [0.05, 0.1) is 11.8 Å². The van der Waals surface area contributed by atoms with Gasteiger partial charge in [-0.1, -0.05) is 30.4 Å². The minimum Gasteiger partial charge on any atom is -0.455 e. The molecule has 0 radical (unpaired) electrons. The van der Waals surface area contributed by atoms with Crippen molar-refractivity contribution in [2.24, 2.45) is 11.0 Å². The molecular weight excluding hydrogens is 382 g/mol. The number of allylic oxidation sites excluding steroid dienone is 2. The number of ether oxygens (including phenoxy) is 2. The van der Waals surface area contributed by atoms with Crippen LogP contribution < -0.4 is 10.7 Å². The number of aryl methyl sites for hydroxylation is 1. The number of anilines is 1. The number of nitrogens with zero attached hydrogens (tertiary/aromatic N) is 1. The van der Waals surface area contributed by atoms with Crippen LogP contribution >= 0.6 is 0 Å². The Labute approximate surface area is 176 Å². The molecule has 0 spiro atoms. The molecule has 2 heterocycles. The third-order valence-corrected chi connectivity index (χ3v) is 6.09. The van der Waals surface area contributed by atoms with E-state index in [1.165, 1.54) is 0 Å². The Morgan fingerprint density at radius 1 is 1.33 bits per heavy atom. The second kappa shape index (κ2) is 8.07. The third-order valence-electron chi connectivity index (χ3n) is 6.09. The molecule has 0 aromatic heterocycles. The number of fused-ring (bicyclic) bond motifs is 3. The molecule has 2 fully saturated rings. The molecule has 3 aliphatic rings. The summed E-state index contributed by atoms with van der Waals surface area (Å²) in [5.41, 5.74) is 5.58. The molecule has 7 heteroatoms. The lowest BCUT2D eigenvalue weighted by Gasteiger charge is -2.19. The molecule has 0 unspecified atom stereocenters. The fourth-order valence-electron chi connectivity index (χ4n) is 4.17. The van der Waals surface area contributed by atoms with E-state index in [4.69, 9.17) is 9.47 Å². The first-order valence-corrected chi connectivity index (χ1v) is 10.3. The van der Waals surface area contributed by atoms with Crippen molar-refractivity contribution >= 4 is 23.9 Å². The quantitative estimate of drug-likeness (QED) is 0.261. The van der Waals surface area contributed by atoms with E-state index in [2.05, 4.69) is 35.4 Å². The summed E-state index contributed by atoms with van der Waals surface area (Å²) in [6, 6.07) is 7.13. The van der Waals surface area contributed by atoms with Crippen LogP contribution in [-0.2, 0) is 14.3 Å². The first-order valence-electron chi connectivity index (χ1n) is 10.3. The fourth-order valence-corrected chi connectivity index (χ4v) is 4.17. The first kappa shape index (κ1) is 20.3. The van der Waals surface area contributed by atoms with Crippen LogP contribution in [0.5, 0.6) is 0 Å². The summed E-state index contributed by atoms with van der Waals surface area (Å²) in [6.07, 6.45) is 6.57. The number of carbonyl (C=O) groups is 2. The molecule has 2 N–H and O–H groups in total. The fraction of sp³-hybridized carbons (Fsp3) is 0.435. The maximum atomic E-state index is 12.0. The largest absolute Gasteiger partial charge is 0.455 e. The van der Waals surface area contributed by atoms with Gasteiger partial charge >= 0.3 is 12.0 Å². The minimum absolute atomic E-state index is 0.0542. The number of hydrogen-bond donors (Lipinski definition) is 2. The lowest BCUT2D eigenvalue weighted by molar-refractivity contribution is -0.140. The smallest absolute Gasteiger partial charge is 0.339 e. The molecule has 2 saturated heterocycles. The Morgan fingerprint density at radius 3 is 2.87 bits per heavy atom. The number of carbonyl (C=O) groups excluding carboxylic acids is 2. The van der Waals surface area contributed by atoms with E-state index in [0.29, 0.717) is 17.7 Å². The van der Waals surface area contributed by atoms with Crippen LogP contribution in [0.1, 0.15) is 38.2 Å².